The van der Waals surface area contributed by atoms with E-state index in [-0.39, 0.29) is 18.5 Å². The van der Waals surface area contributed by atoms with Crippen molar-refractivity contribution in [1.29, 1.82) is 0 Å². The fourth-order valence-corrected chi connectivity index (χ4v) is 6.37. The summed E-state index contributed by atoms with van der Waals surface area (Å²) in [5.74, 6) is 0.0259. The molecule has 3 aliphatic carbocycles. The van der Waals surface area contributed by atoms with Gasteiger partial charge in [0.05, 0.1) is 6.10 Å². The van der Waals surface area contributed by atoms with Crippen LogP contribution in [0, 0.1) is 11.3 Å². The Morgan fingerprint density at radius 2 is 1.46 bits per heavy atom. The van der Waals surface area contributed by atoms with Crippen LogP contribution in [0.15, 0.2) is 0 Å². The van der Waals surface area contributed by atoms with Gasteiger partial charge >= 0.3 is 0 Å². The lowest BCUT2D eigenvalue weighted by Gasteiger charge is -2.35. The number of rotatable bonds is 1. The van der Waals surface area contributed by atoms with Gasteiger partial charge in [-0.1, -0.05) is 25.7 Å². The minimum absolute atomic E-state index is 0.0813. The topological polar surface area (TPSA) is 47.9 Å². The number of ether oxygens (including phenoxy) is 3. The van der Waals surface area contributed by atoms with Crippen molar-refractivity contribution >= 4 is 0 Å². The van der Waals surface area contributed by atoms with Gasteiger partial charge in [-0.05, 0) is 56.3 Å². The highest BCUT2D eigenvalue weighted by Gasteiger charge is 2.59. The predicted molar refractivity (Wildman–Crippen MR) is 89.3 cm³/mol. The molecule has 1 N–H and O–H groups in total. The molecular formula is C20H32O4. The molecule has 2 heterocycles. The molecule has 0 bridgehead atoms. The van der Waals surface area contributed by atoms with Gasteiger partial charge in [0.15, 0.2) is 12.1 Å². The van der Waals surface area contributed by atoms with Crippen molar-refractivity contribution in [3.8, 4) is 0 Å². The molecule has 5 rings (SSSR count). The van der Waals surface area contributed by atoms with Crippen LogP contribution in [0.2, 0.25) is 0 Å². The largest absolute Gasteiger partial charge is 0.387 e. The lowest BCUT2D eigenvalue weighted by molar-refractivity contribution is -0.250. The van der Waals surface area contributed by atoms with Crippen LogP contribution >= 0.6 is 0 Å². The van der Waals surface area contributed by atoms with E-state index in [0.29, 0.717) is 11.3 Å². The quantitative estimate of drug-likeness (QED) is 0.789. The van der Waals surface area contributed by atoms with E-state index >= 15 is 0 Å². The Hall–Kier alpha value is -0.160. The van der Waals surface area contributed by atoms with Crippen LogP contribution in [-0.2, 0) is 14.2 Å². The Labute approximate surface area is 145 Å². The lowest BCUT2D eigenvalue weighted by atomic mass is 9.72. The molecular weight excluding hydrogens is 304 g/mol. The molecule has 0 aromatic rings. The van der Waals surface area contributed by atoms with Crippen LogP contribution in [0.25, 0.3) is 0 Å². The molecule has 5 aliphatic rings. The Balaban J connectivity index is 1.24. The monoisotopic (exact) mass is 336 g/mol. The molecule has 1 unspecified atom stereocenters. The Morgan fingerprint density at radius 1 is 0.750 bits per heavy atom. The number of aliphatic hydroxyl groups is 1. The Morgan fingerprint density at radius 3 is 2.17 bits per heavy atom. The highest BCUT2D eigenvalue weighted by atomic mass is 16.8. The molecule has 5 fully saturated rings. The van der Waals surface area contributed by atoms with Crippen molar-refractivity contribution in [3.63, 3.8) is 0 Å². The molecule has 5 atom stereocenters. The lowest BCUT2D eigenvalue weighted by Crippen LogP contribution is -2.40. The van der Waals surface area contributed by atoms with Gasteiger partial charge < -0.3 is 19.3 Å². The van der Waals surface area contributed by atoms with Crippen molar-refractivity contribution < 1.29 is 19.3 Å². The zero-order chi connectivity index (χ0) is 16.2. The smallest absolute Gasteiger partial charge is 0.190 e. The molecule has 4 heteroatoms. The van der Waals surface area contributed by atoms with Crippen LogP contribution in [0.3, 0.4) is 0 Å². The van der Waals surface area contributed by atoms with E-state index in [4.69, 9.17) is 14.2 Å². The van der Waals surface area contributed by atoms with Gasteiger partial charge in [-0.2, -0.15) is 0 Å². The molecule has 2 aliphatic heterocycles. The highest BCUT2D eigenvalue weighted by Crippen LogP contribution is 2.55. The summed E-state index contributed by atoms with van der Waals surface area (Å²) in [5, 5.41) is 10.9. The molecule has 0 aromatic carbocycles. The van der Waals surface area contributed by atoms with E-state index in [1.165, 1.54) is 57.8 Å². The average Bonchev–Trinajstić information content (AvgIpc) is 3.23. The molecule has 2 saturated heterocycles. The highest BCUT2D eigenvalue weighted by molar-refractivity contribution is 5.02. The molecule has 0 radical (unpaired) electrons. The van der Waals surface area contributed by atoms with Crippen LogP contribution in [0.4, 0.5) is 0 Å². The SMILES string of the molecule is O[C@@H]1[C@H]2OC3(CCCCC3)O[C@H]2O[C@@H]1C1CCC2(CCCCC2)C1. The minimum Gasteiger partial charge on any atom is -0.387 e. The standard InChI is InChI=1S/C20H32O4/c21-15-16(14-7-12-19(13-14)8-3-1-4-9-19)22-18-17(15)23-20(24-18)10-5-2-6-11-20/h14-18,21H,1-13H2/t14?,15-,16+,17+,18+/m0/s1. The van der Waals surface area contributed by atoms with Gasteiger partial charge in [0.25, 0.3) is 0 Å². The fourth-order valence-electron chi connectivity index (χ4n) is 6.37. The van der Waals surface area contributed by atoms with Gasteiger partial charge in [0.2, 0.25) is 0 Å². The van der Waals surface area contributed by atoms with E-state index in [0.717, 1.165) is 25.7 Å². The minimum atomic E-state index is -0.514. The molecule has 24 heavy (non-hydrogen) atoms. The van der Waals surface area contributed by atoms with E-state index in [2.05, 4.69) is 0 Å². The van der Waals surface area contributed by atoms with Crippen LogP contribution in [-0.4, -0.2) is 35.5 Å². The van der Waals surface area contributed by atoms with Crippen molar-refractivity contribution in [2.45, 2.75) is 114 Å². The summed E-state index contributed by atoms with van der Waals surface area (Å²) in [6, 6.07) is 0. The maximum atomic E-state index is 10.9. The third kappa shape index (κ3) is 2.56. The maximum absolute atomic E-state index is 10.9. The van der Waals surface area contributed by atoms with E-state index in [1.54, 1.807) is 0 Å². The third-order valence-corrected chi connectivity index (χ3v) is 7.65. The normalized spacial score (nSPS) is 46.6. The number of hydrogen-bond acceptors (Lipinski definition) is 4. The molecule has 136 valence electrons. The van der Waals surface area contributed by atoms with E-state index in [1.807, 2.05) is 0 Å². The number of hydrogen-bond donors (Lipinski definition) is 1. The Bertz CT molecular complexity index is 466. The summed E-state index contributed by atoms with van der Waals surface area (Å²) in [7, 11) is 0. The molecule has 4 nitrogen and oxygen atoms in total. The van der Waals surface area contributed by atoms with Crippen molar-refractivity contribution in [3.05, 3.63) is 0 Å². The number of fused-ring (bicyclic) bond motifs is 1. The summed E-state index contributed by atoms with van der Waals surface area (Å²) in [6.07, 6.45) is 15.0. The summed E-state index contributed by atoms with van der Waals surface area (Å²) < 4.78 is 18.7. The predicted octanol–water partition coefficient (Wildman–Crippen LogP) is 3.90. The Kier molecular flexibility index (Phi) is 3.97. The third-order valence-electron chi connectivity index (χ3n) is 7.65. The first-order chi connectivity index (χ1) is 11.7. The summed E-state index contributed by atoms with van der Waals surface area (Å²) in [4.78, 5) is 0. The molecule has 0 aromatic heterocycles. The van der Waals surface area contributed by atoms with Crippen molar-refractivity contribution in [2.24, 2.45) is 11.3 Å². The zero-order valence-corrected chi connectivity index (χ0v) is 14.8. The van der Waals surface area contributed by atoms with Crippen LogP contribution < -0.4 is 0 Å². The van der Waals surface area contributed by atoms with E-state index < -0.39 is 11.9 Å². The first kappa shape index (κ1) is 16.0. The summed E-state index contributed by atoms with van der Waals surface area (Å²) in [6.45, 7) is 0. The molecule has 3 saturated carbocycles. The van der Waals surface area contributed by atoms with Gasteiger partial charge in [0, 0.05) is 12.8 Å². The van der Waals surface area contributed by atoms with E-state index in [9.17, 15) is 5.11 Å². The maximum Gasteiger partial charge on any atom is 0.190 e. The summed E-state index contributed by atoms with van der Waals surface area (Å²) in [5.41, 5.74) is 0.552. The van der Waals surface area contributed by atoms with Crippen LogP contribution in [0.5, 0.6) is 0 Å². The van der Waals surface area contributed by atoms with Crippen molar-refractivity contribution in [2.75, 3.05) is 0 Å². The average molecular weight is 336 g/mol. The summed E-state index contributed by atoms with van der Waals surface area (Å²) >= 11 is 0. The second kappa shape index (κ2) is 5.94. The van der Waals surface area contributed by atoms with Gasteiger partial charge in [-0.3, -0.25) is 0 Å². The first-order valence-electron chi connectivity index (χ1n) is 10.4. The number of aliphatic hydroxyl groups excluding tert-OH is 1. The second-order valence-electron chi connectivity index (χ2n) is 9.19. The zero-order valence-electron chi connectivity index (χ0n) is 14.8. The van der Waals surface area contributed by atoms with Crippen molar-refractivity contribution in [1.82, 2.24) is 0 Å². The van der Waals surface area contributed by atoms with Gasteiger partial charge in [0.1, 0.15) is 12.2 Å². The molecule has 0 amide bonds. The van der Waals surface area contributed by atoms with Crippen LogP contribution in [0.1, 0.15) is 83.5 Å². The fraction of sp³-hybridized carbons (Fsp3) is 1.00. The second-order valence-corrected chi connectivity index (χ2v) is 9.19. The first-order valence-corrected chi connectivity index (χ1v) is 10.4. The van der Waals surface area contributed by atoms with Gasteiger partial charge in [-0.15, -0.1) is 0 Å². The van der Waals surface area contributed by atoms with Gasteiger partial charge in [-0.25, -0.2) is 0 Å². The molecule has 2 spiro atoms.